The number of aryl methyl sites for hydroxylation is 1. The molecule has 0 radical (unpaired) electrons. The third kappa shape index (κ3) is 5.08. The zero-order valence-electron chi connectivity index (χ0n) is 17.8. The Bertz CT molecular complexity index is 973. The highest BCUT2D eigenvalue weighted by Gasteiger charge is 2.29. The molecule has 1 aromatic heterocycles. The highest BCUT2D eigenvalue weighted by atomic mass is 16.2. The fourth-order valence-corrected chi connectivity index (χ4v) is 3.09. The number of nitrogens with one attached hydrogen (secondary N) is 1. The van der Waals surface area contributed by atoms with Crippen LogP contribution in [0, 0.1) is 12.3 Å². The molecule has 6 heteroatoms. The Balaban J connectivity index is 1.64. The molecule has 0 bridgehead atoms. The average Bonchev–Trinajstić information content (AvgIpc) is 3.15. The molecule has 0 saturated carbocycles. The van der Waals surface area contributed by atoms with Crippen molar-refractivity contribution in [3.8, 4) is 11.4 Å². The summed E-state index contributed by atoms with van der Waals surface area (Å²) >= 11 is 0. The minimum absolute atomic E-state index is 0.0408. The van der Waals surface area contributed by atoms with Crippen LogP contribution in [0.25, 0.3) is 11.4 Å². The van der Waals surface area contributed by atoms with E-state index in [1.165, 1.54) is 10.4 Å². The van der Waals surface area contributed by atoms with E-state index < -0.39 is 5.41 Å². The number of rotatable bonds is 7. The number of nitrogens with zero attached hydrogens (tertiary/aromatic N) is 4. The molecule has 3 rings (SSSR count). The largest absolute Gasteiger partial charge is 0.351 e. The van der Waals surface area contributed by atoms with Gasteiger partial charge in [0.05, 0.1) is 12.0 Å². The van der Waals surface area contributed by atoms with Crippen molar-refractivity contribution in [1.82, 2.24) is 25.5 Å². The normalized spacial score (nSPS) is 11.7. The molecule has 1 N–H and O–H groups in total. The molecular weight excluding hydrogens is 362 g/mol. The van der Waals surface area contributed by atoms with Gasteiger partial charge in [0.15, 0.2) is 0 Å². The summed E-state index contributed by atoms with van der Waals surface area (Å²) in [7, 11) is 0. The summed E-state index contributed by atoms with van der Waals surface area (Å²) in [5.41, 5.74) is 3.80. The second kappa shape index (κ2) is 8.55. The van der Waals surface area contributed by atoms with E-state index in [1.807, 2.05) is 57.2 Å². The van der Waals surface area contributed by atoms with Gasteiger partial charge in [0.1, 0.15) is 0 Å². The predicted octanol–water partition coefficient (Wildman–Crippen LogP) is 4.11. The van der Waals surface area contributed by atoms with Crippen LogP contribution in [-0.2, 0) is 17.9 Å². The van der Waals surface area contributed by atoms with Gasteiger partial charge in [0.2, 0.25) is 11.7 Å². The lowest BCUT2D eigenvalue weighted by Gasteiger charge is -2.22. The highest BCUT2D eigenvalue weighted by molar-refractivity contribution is 5.81. The van der Waals surface area contributed by atoms with Crippen molar-refractivity contribution < 1.29 is 4.79 Å². The van der Waals surface area contributed by atoms with Crippen LogP contribution in [0.15, 0.2) is 48.5 Å². The first-order chi connectivity index (χ1) is 13.8. The Labute approximate surface area is 172 Å². The molecular formula is C23H29N5O. The van der Waals surface area contributed by atoms with Gasteiger partial charge in [0.25, 0.3) is 0 Å². The van der Waals surface area contributed by atoms with E-state index >= 15 is 0 Å². The molecule has 0 aliphatic heterocycles. The Morgan fingerprint density at radius 3 is 2.45 bits per heavy atom. The van der Waals surface area contributed by atoms with Crippen LogP contribution >= 0.6 is 0 Å². The molecule has 2 aromatic carbocycles. The number of carbonyl (C=O) groups excluding carboxylic acids is 1. The smallest absolute Gasteiger partial charge is 0.227 e. The van der Waals surface area contributed by atoms with E-state index in [9.17, 15) is 4.79 Å². The topological polar surface area (TPSA) is 72.7 Å². The lowest BCUT2D eigenvalue weighted by atomic mass is 9.92. The molecule has 152 valence electrons. The summed E-state index contributed by atoms with van der Waals surface area (Å²) in [5.74, 6) is 1.00. The van der Waals surface area contributed by atoms with Crippen molar-refractivity contribution in [3.63, 3.8) is 0 Å². The first-order valence-electron chi connectivity index (χ1n) is 9.97. The Morgan fingerprint density at radius 1 is 1.10 bits per heavy atom. The standard InChI is InChI=1S/C23H29N5O/c1-16(2)18-10-12-19(13-11-18)21-25-27-28(26-21)15-23(4,5)22(29)24-14-20-9-7-6-8-17(20)3/h6-13,16H,14-15H2,1-5H3,(H,24,29). The fourth-order valence-electron chi connectivity index (χ4n) is 3.09. The molecule has 1 heterocycles. The van der Waals surface area contributed by atoms with Gasteiger partial charge in [-0.1, -0.05) is 62.4 Å². The quantitative estimate of drug-likeness (QED) is 0.658. The number of aromatic nitrogens is 4. The summed E-state index contributed by atoms with van der Waals surface area (Å²) < 4.78 is 0. The molecule has 1 amide bonds. The van der Waals surface area contributed by atoms with Gasteiger partial charge >= 0.3 is 0 Å². The first kappa shape index (κ1) is 20.7. The predicted molar refractivity (Wildman–Crippen MR) is 114 cm³/mol. The van der Waals surface area contributed by atoms with Crippen LogP contribution in [0.5, 0.6) is 0 Å². The number of carbonyl (C=O) groups is 1. The third-order valence-corrected chi connectivity index (χ3v) is 5.14. The number of benzene rings is 2. The molecule has 6 nitrogen and oxygen atoms in total. The van der Waals surface area contributed by atoms with Gasteiger partial charge in [0, 0.05) is 12.1 Å². The lowest BCUT2D eigenvalue weighted by molar-refractivity contribution is -0.130. The minimum atomic E-state index is -0.665. The molecule has 0 saturated heterocycles. The zero-order chi connectivity index (χ0) is 21.0. The van der Waals surface area contributed by atoms with Crippen molar-refractivity contribution in [2.75, 3.05) is 0 Å². The molecule has 3 aromatic rings. The van der Waals surface area contributed by atoms with Crippen LogP contribution in [0.3, 0.4) is 0 Å². The number of hydrogen-bond donors (Lipinski definition) is 1. The molecule has 0 spiro atoms. The van der Waals surface area contributed by atoms with Crippen LogP contribution < -0.4 is 5.32 Å². The van der Waals surface area contributed by atoms with E-state index in [1.54, 1.807) is 0 Å². The Morgan fingerprint density at radius 2 is 1.79 bits per heavy atom. The fraction of sp³-hybridized carbons (Fsp3) is 0.391. The molecule has 0 fully saturated rings. The highest BCUT2D eigenvalue weighted by Crippen LogP contribution is 2.21. The molecule has 0 aliphatic rings. The van der Waals surface area contributed by atoms with Gasteiger partial charge in [-0.3, -0.25) is 4.79 Å². The third-order valence-electron chi connectivity index (χ3n) is 5.14. The SMILES string of the molecule is Cc1ccccc1CNC(=O)C(C)(C)Cn1nnc(-c2ccc(C(C)C)cc2)n1. The van der Waals surface area contributed by atoms with E-state index in [2.05, 4.69) is 46.7 Å². The number of hydrogen-bond acceptors (Lipinski definition) is 4. The second-order valence-corrected chi connectivity index (χ2v) is 8.41. The van der Waals surface area contributed by atoms with Gasteiger partial charge in [-0.25, -0.2) is 0 Å². The lowest BCUT2D eigenvalue weighted by Crippen LogP contribution is -2.40. The summed E-state index contributed by atoms with van der Waals surface area (Å²) in [4.78, 5) is 14.2. The molecule has 0 atom stereocenters. The van der Waals surface area contributed by atoms with E-state index in [0.717, 1.165) is 16.7 Å². The Kier molecular flexibility index (Phi) is 6.11. The maximum atomic E-state index is 12.7. The van der Waals surface area contributed by atoms with Gasteiger partial charge < -0.3 is 5.32 Å². The monoisotopic (exact) mass is 391 g/mol. The van der Waals surface area contributed by atoms with Gasteiger partial charge in [-0.2, -0.15) is 4.80 Å². The molecule has 29 heavy (non-hydrogen) atoms. The van der Waals surface area contributed by atoms with Crippen LogP contribution in [-0.4, -0.2) is 26.1 Å². The zero-order valence-corrected chi connectivity index (χ0v) is 17.8. The van der Waals surface area contributed by atoms with Crippen LogP contribution in [0.1, 0.15) is 50.3 Å². The summed E-state index contributed by atoms with van der Waals surface area (Å²) in [6, 6.07) is 16.2. The van der Waals surface area contributed by atoms with Crippen LogP contribution in [0.4, 0.5) is 0 Å². The van der Waals surface area contributed by atoms with Crippen molar-refractivity contribution in [2.24, 2.45) is 5.41 Å². The maximum Gasteiger partial charge on any atom is 0.227 e. The summed E-state index contributed by atoms with van der Waals surface area (Å²) in [6.45, 7) is 11.0. The molecule has 0 aliphatic carbocycles. The van der Waals surface area contributed by atoms with E-state index in [-0.39, 0.29) is 5.91 Å². The van der Waals surface area contributed by atoms with Crippen molar-refractivity contribution in [1.29, 1.82) is 0 Å². The van der Waals surface area contributed by atoms with Crippen molar-refractivity contribution in [3.05, 3.63) is 65.2 Å². The van der Waals surface area contributed by atoms with Gasteiger partial charge in [-0.15, -0.1) is 10.2 Å². The van der Waals surface area contributed by atoms with E-state index in [0.29, 0.717) is 24.8 Å². The average molecular weight is 392 g/mol. The Hall–Kier alpha value is -3.02. The van der Waals surface area contributed by atoms with Crippen molar-refractivity contribution >= 4 is 5.91 Å². The minimum Gasteiger partial charge on any atom is -0.351 e. The first-order valence-corrected chi connectivity index (χ1v) is 9.97. The summed E-state index contributed by atoms with van der Waals surface area (Å²) in [6.07, 6.45) is 0. The van der Waals surface area contributed by atoms with E-state index in [4.69, 9.17) is 0 Å². The summed E-state index contributed by atoms with van der Waals surface area (Å²) in [5, 5.41) is 15.8. The maximum absolute atomic E-state index is 12.7. The second-order valence-electron chi connectivity index (χ2n) is 8.41. The number of tetrazole rings is 1. The van der Waals surface area contributed by atoms with Gasteiger partial charge in [-0.05, 0) is 48.6 Å². The number of amides is 1. The molecule has 0 unspecified atom stereocenters. The van der Waals surface area contributed by atoms with Crippen LogP contribution in [0.2, 0.25) is 0 Å². The van der Waals surface area contributed by atoms with Crippen molar-refractivity contribution in [2.45, 2.75) is 53.6 Å².